The number of aromatic nitrogens is 1. The molecule has 34 heavy (non-hydrogen) atoms. The van der Waals surface area contributed by atoms with Crippen molar-refractivity contribution < 1.29 is 14.1 Å². The van der Waals surface area contributed by atoms with Gasteiger partial charge < -0.3 is 11.5 Å². The number of carbonyl (C=O) groups excluding carboxylic acids is 2. The van der Waals surface area contributed by atoms with Crippen LogP contribution in [0.5, 0.6) is 0 Å². The molecule has 0 saturated carbocycles. The number of benzene rings is 1. The smallest absolute Gasteiger partial charge is 0.326 e. The molecule has 184 valence electrons. The summed E-state index contributed by atoms with van der Waals surface area (Å²) in [4.78, 5) is 31.5. The van der Waals surface area contributed by atoms with E-state index in [0.29, 0.717) is 19.5 Å². The summed E-state index contributed by atoms with van der Waals surface area (Å²) in [5, 5.41) is 0. The molecule has 6 heteroatoms. The van der Waals surface area contributed by atoms with Gasteiger partial charge >= 0.3 is 11.9 Å². The Hall–Kier alpha value is -2.57. The molecule has 0 spiro atoms. The lowest BCUT2D eigenvalue weighted by Gasteiger charge is -2.32. The van der Waals surface area contributed by atoms with Gasteiger partial charge in [-0.1, -0.05) is 57.5 Å². The van der Waals surface area contributed by atoms with Crippen LogP contribution in [0.25, 0.3) is 11.1 Å². The second-order valence-electron chi connectivity index (χ2n) is 11.0. The van der Waals surface area contributed by atoms with Crippen LogP contribution >= 0.6 is 0 Å². The second-order valence-corrected chi connectivity index (χ2v) is 11.0. The maximum atomic E-state index is 13.8. The average molecular weight is 466 g/mol. The van der Waals surface area contributed by atoms with E-state index in [0.717, 1.165) is 52.9 Å². The number of carbonyl (C=O) groups is 2. The number of hydrogen-bond donors (Lipinski definition) is 2. The maximum Gasteiger partial charge on any atom is 0.421 e. The molecule has 1 fully saturated rings. The van der Waals surface area contributed by atoms with Crippen molar-refractivity contribution in [2.45, 2.75) is 86.2 Å². The monoisotopic (exact) mass is 465 g/mol. The van der Waals surface area contributed by atoms with E-state index in [4.69, 9.17) is 16.5 Å². The number of hydrogen-bond acceptors (Lipinski definition) is 4. The van der Waals surface area contributed by atoms with Crippen molar-refractivity contribution in [1.29, 1.82) is 0 Å². The Morgan fingerprint density at radius 3 is 2.24 bits per heavy atom. The standard InChI is InChI=1S/C28H40N4O2/c1-7-23-21(15-25(33)32(27(30)34)14-8-9-19(32)3)26(20-12-10-18(2)11-13-20)22(17-29)24(31-23)16-28(4,5)6/h10-13,19H,7-9,14-17,29H2,1-6H3,(H-,30,34)/p+1/t19-,32?/m1/s1. The van der Waals surface area contributed by atoms with Gasteiger partial charge in [0.15, 0.2) is 0 Å². The summed E-state index contributed by atoms with van der Waals surface area (Å²) in [7, 11) is 0. The van der Waals surface area contributed by atoms with Gasteiger partial charge in [-0.05, 0) is 54.4 Å². The average Bonchev–Trinajstić information content (AvgIpc) is 3.16. The number of nitrogens with two attached hydrogens (primary N) is 2. The van der Waals surface area contributed by atoms with E-state index in [-0.39, 0.29) is 28.3 Å². The molecule has 1 aliphatic heterocycles. The zero-order valence-corrected chi connectivity index (χ0v) is 21.7. The van der Waals surface area contributed by atoms with Crippen molar-refractivity contribution in [2.24, 2.45) is 16.9 Å². The molecule has 1 unspecified atom stereocenters. The quantitative estimate of drug-likeness (QED) is 0.598. The number of urea groups is 1. The minimum absolute atomic E-state index is 0.0377. The van der Waals surface area contributed by atoms with E-state index in [1.54, 1.807) is 0 Å². The van der Waals surface area contributed by atoms with E-state index in [2.05, 4.69) is 58.9 Å². The summed E-state index contributed by atoms with van der Waals surface area (Å²) >= 11 is 0. The normalized spacial score (nSPS) is 20.5. The Labute approximate surface area is 204 Å². The number of primary amides is 1. The predicted molar refractivity (Wildman–Crippen MR) is 137 cm³/mol. The highest BCUT2D eigenvalue weighted by Gasteiger charge is 2.51. The number of amides is 3. The fourth-order valence-corrected chi connectivity index (χ4v) is 5.38. The van der Waals surface area contributed by atoms with Gasteiger partial charge in [0.05, 0.1) is 13.0 Å². The molecular weight excluding hydrogens is 424 g/mol. The third kappa shape index (κ3) is 4.93. The zero-order chi connectivity index (χ0) is 25.3. The first-order valence-corrected chi connectivity index (χ1v) is 12.5. The van der Waals surface area contributed by atoms with Gasteiger partial charge in [-0.3, -0.25) is 4.98 Å². The first kappa shape index (κ1) is 26.0. The predicted octanol–water partition coefficient (Wildman–Crippen LogP) is 4.81. The summed E-state index contributed by atoms with van der Waals surface area (Å²) in [5.41, 5.74) is 19.2. The molecule has 2 atom stereocenters. The van der Waals surface area contributed by atoms with Crippen LogP contribution in [0.1, 0.15) is 75.5 Å². The number of rotatable bonds is 6. The zero-order valence-electron chi connectivity index (χ0n) is 21.7. The van der Waals surface area contributed by atoms with Crippen molar-refractivity contribution in [2.75, 3.05) is 6.54 Å². The molecular formula is C28H41N4O2+. The fraction of sp³-hybridized carbons (Fsp3) is 0.536. The van der Waals surface area contributed by atoms with Gasteiger partial charge in [0.1, 0.15) is 6.04 Å². The summed E-state index contributed by atoms with van der Waals surface area (Å²) in [6.45, 7) is 13.5. The largest absolute Gasteiger partial charge is 0.421 e. The number of likely N-dealkylation sites (tertiary alicyclic amines) is 1. The van der Waals surface area contributed by atoms with Gasteiger partial charge in [0.25, 0.3) is 0 Å². The molecule has 2 aromatic rings. The van der Waals surface area contributed by atoms with Crippen LogP contribution in [0.4, 0.5) is 4.79 Å². The maximum absolute atomic E-state index is 13.8. The van der Waals surface area contributed by atoms with Gasteiger partial charge in [-0.2, -0.15) is 4.48 Å². The Kier molecular flexibility index (Phi) is 7.63. The second kappa shape index (κ2) is 9.96. The molecule has 3 rings (SSSR count). The van der Waals surface area contributed by atoms with Crippen LogP contribution in [0, 0.1) is 12.3 Å². The Bertz CT molecular complexity index is 1070. The molecule has 0 aliphatic carbocycles. The highest BCUT2D eigenvalue weighted by Crippen LogP contribution is 2.36. The third-order valence-electron chi connectivity index (χ3n) is 7.20. The van der Waals surface area contributed by atoms with E-state index in [1.165, 1.54) is 5.56 Å². The minimum atomic E-state index is -0.554. The molecule has 3 amide bonds. The van der Waals surface area contributed by atoms with E-state index in [9.17, 15) is 9.59 Å². The van der Waals surface area contributed by atoms with Crippen LogP contribution in [-0.4, -0.2) is 34.0 Å². The van der Waals surface area contributed by atoms with Gasteiger partial charge in [-0.25, -0.2) is 9.59 Å². The topological polar surface area (TPSA) is 99.1 Å². The molecule has 1 saturated heterocycles. The van der Waals surface area contributed by atoms with Crippen LogP contribution in [0.15, 0.2) is 24.3 Å². The molecule has 0 radical (unpaired) electrons. The van der Waals surface area contributed by atoms with E-state index < -0.39 is 6.03 Å². The number of imide groups is 1. The molecule has 1 aliphatic rings. The van der Waals surface area contributed by atoms with E-state index >= 15 is 0 Å². The van der Waals surface area contributed by atoms with Crippen molar-refractivity contribution in [3.63, 3.8) is 0 Å². The molecule has 0 bridgehead atoms. The first-order valence-electron chi connectivity index (χ1n) is 12.5. The van der Waals surface area contributed by atoms with Crippen LogP contribution in [0.3, 0.4) is 0 Å². The number of quaternary nitrogens is 1. The van der Waals surface area contributed by atoms with Crippen molar-refractivity contribution in [3.8, 4) is 11.1 Å². The number of aryl methyl sites for hydroxylation is 2. The highest BCUT2D eigenvalue weighted by atomic mass is 16.2. The van der Waals surface area contributed by atoms with Gasteiger partial charge in [0, 0.05) is 30.8 Å². The fourth-order valence-electron chi connectivity index (χ4n) is 5.38. The minimum Gasteiger partial charge on any atom is -0.326 e. The molecule has 1 aromatic carbocycles. The lowest BCUT2D eigenvalue weighted by Crippen LogP contribution is -2.62. The van der Waals surface area contributed by atoms with Crippen LogP contribution in [0.2, 0.25) is 0 Å². The number of nitrogens with zero attached hydrogens (tertiary/aromatic N) is 2. The lowest BCUT2D eigenvalue weighted by atomic mass is 9.84. The lowest BCUT2D eigenvalue weighted by molar-refractivity contribution is -0.783. The van der Waals surface area contributed by atoms with Crippen molar-refractivity contribution in [1.82, 2.24) is 4.98 Å². The van der Waals surface area contributed by atoms with E-state index in [1.807, 2.05) is 6.92 Å². The Morgan fingerprint density at radius 2 is 1.76 bits per heavy atom. The van der Waals surface area contributed by atoms with Crippen molar-refractivity contribution >= 4 is 11.9 Å². The molecule has 4 N–H and O–H groups in total. The molecule has 1 aromatic heterocycles. The van der Waals surface area contributed by atoms with Crippen LogP contribution < -0.4 is 11.5 Å². The van der Waals surface area contributed by atoms with Crippen LogP contribution in [-0.2, 0) is 30.6 Å². The number of pyridine rings is 1. The molecule has 6 nitrogen and oxygen atoms in total. The highest BCUT2D eigenvalue weighted by molar-refractivity contribution is 5.87. The Morgan fingerprint density at radius 1 is 1.12 bits per heavy atom. The Balaban J connectivity index is 2.25. The van der Waals surface area contributed by atoms with Gasteiger partial charge in [-0.15, -0.1) is 0 Å². The summed E-state index contributed by atoms with van der Waals surface area (Å²) in [6.07, 6.45) is 3.23. The first-order chi connectivity index (χ1) is 15.9. The summed E-state index contributed by atoms with van der Waals surface area (Å²) < 4.78 is -0.280. The third-order valence-corrected chi connectivity index (χ3v) is 7.20. The summed E-state index contributed by atoms with van der Waals surface area (Å²) in [6, 6.07) is 7.68. The SMILES string of the molecule is CCc1nc(CC(C)(C)C)c(CN)c(-c2ccc(C)cc2)c1CC(=O)[N+]1(C(N)=O)CCC[C@H]1C. The molecule has 2 heterocycles. The van der Waals surface area contributed by atoms with Crippen molar-refractivity contribution in [3.05, 3.63) is 52.3 Å². The van der Waals surface area contributed by atoms with Gasteiger partial charge in [0.2, 0.25) is 0 Å². The summed E-state index contributed by atoms with van der Waals surface area (Å²) in [5.74, 6) is -0.145.